The number of nitrogens with zero attached hydrogens (tertiary/aromatic N) is 1. The summed E-state index contributed by atoms with van der Waals surface area (Å²) in [6, 6.07) is 0. The van der Waals surface area contributed by atoms with Crippen molar-refractivity contribution < 1.29 is 9.90 Å². The van der Waals surface area contributed by atoms with Gasteiger partial charge in [0.05, 0.1) is 0 Å². The zero-order chi connectivity index (χ0) is 11.8. The molecule has 3 nitrogen and oxygen atoms in total. The molecule has 1 N–H and O–H groups in total. The number of carboxylic acids is 1. The molecule has 0 spiro atoms. The second-order valence-electron chi connectivity index (χ2n) is 5.12. The minimum Gasteiger partial charge on any atom is -0.481 e. The van der Waals surface area contributed by atoms with Gasteiger partial charge in [0, 0.05) is 13.0 Å². The average molecular weight is 227 g/mol. The Balaban J connectivity index is 1.93. The summed E-state index contributed by atoms with van der Waals surface area (Å²) in [5, 5.41) is 8.50. The van der Waals surface area contributed by atoms with E-state index in [1.54, 1.807) is 0 Å². The quantitative estimate of drug-likeness (QED) is 0.648. The van der Waals surface area contributed by atoms with Crippen LogP contribution >= 0.6 is 0 Å². The van der Waals surface area contributed by atoms with E-state index in [0.29, 0.717) is 6.42 Å². The lowest BCUT2D eigenvalue weighted by molar-refractivity contribution is -0.137. The Morgan fingerprint density at radius 2 is 1.94 bits per heavy atom. The van der Waals surface area contributed by atoms with E-state index < -0.39 is 5.97 Å². The minimum absolute atomic E-state index is 0.326. The molecule has 1 rings (SSSR count). The van der Waals surface area contributed by atoms with Crippen molar-refractivity contribution >= 4 is 5.97 Å². The van der Waals surface area contributed by atoms with E-state index in [1.165, 1.54) is 32.2 Å². The van der Waals surface area contributed by atoms with Crippen LogP contribution in [0.5, 0.6) is 0 Å². The van der Waals surface area contributed by atoms with E-state index in [-0.39, 0.29) is 0 Å². The smallest absolute Gasteiger partial charge is 0.303 e. The monoisotopic (exact) mass is 227 g/mol. The van der Waals surface area contributed by atoms with Crippen molar-refractivity contribution in [2.45, 2.75) is 51.4 Å². The van der Waals surface area contributed by atoms with Gasteiger partial charge in [0.2, 0.25) is 0 Å². The number of unbranched alkanes of at least 4 members (excludes halogenated alkanes) is 2. The number of carbonyl (C=O) groups is 1. The second kappa shape index (κ2) is 7.66. The Morgan fingerprint density at radius 3 is 2.56 bits per heavy atom. The molecular weight excluding hydrogens is 202 g/mol. The molecule has 94 valence electrons. The fourth-order valence-corrected chi connectivity index (χ4v) is 2.56. The predicted octanol–water partition coefficient (Wildman–Crippen LogP) is 2.75. The molecule has 1 aliphatic carbocycles. The third-order valence-corrected chi connectivity index (χ3v) is 3.48. The van der Waals surface area contributed by atoms with Crippen LogP contribution in [0.1, 0.15) is 51.4 Å². The maximum absolute atomic E-state index is 10.3. The van der Waals surface area contributed by atoms with Crippen LogP contribution in [0.3, 0.4) is 0 Å². The first-order valence-electron chi connectivity index (χ1n) is 6.59. The highest BCUT2D eigenvalue weighted by atomic mass is 16.4. The molecule has 0 radical (unpaired) electrons. The van der Waals surface area contributed by atoms with E-state index >= 15 is 0 Å². The largest absolute Gasteiger partial charge is 0.481 e. The standard InChI is InChI=1S/C13H25NO2/c1-14(11-12-7-4-5-8-12)10-6-2-3-9-13(15)16/h12H,2-11H2,1H3,(H,15,16). The molecule has 0 unspecified atom stereocenters. The minimum atomic E-state index is -0.667. The van der Waals surface area contributed by atoms with Gasteiger partial charge in [0.15, 0.2) is 0 Å². The van der Waals surface area contributed by atoms with E-state index in [0.717, 1.165) is 31.7 Å². The molecule has 1 saturated carbocycles. The number of aliphatic carboxylic acids is 1. The van der Waals surface area contributed by atoms with E-state index in [1.807, 2.05) is 0 Å². The normalized spacial score (nSPS) is 17.1. The van der Waals surface area contributed by atoms with Crippen LogP contribution in [0.15, 0.2) is 0 Å². The van der Waals surface area contributed by atoms with Gasteiger partial charge < -0.3 is 10.0 Å². The molecule has 0 atom stereocenters. The first kappa shape index (κ1) is 13.5. The zero-order valence-corrected chi connectivity index (χ0v) is 10.5. The summed E-state index contributed by atoms with van der Waals surface area (Å²) in [5.41, 5.74) is 0. The molecule has 0 aromatic carbocycles. The van der Waals surface area contributed by atoms with Gasteiger partial charge in [-0.2, -0.15) is 0 Å². The van der Waals surface area contributed by atoms with Crippen LogP contribution in [0, 0.1) is 5.92 Å². The van der Waals surface area contributed by atoms with Crippen molar-refractivity contribution in [1.29, 1.82) is 0 Å². The second-order valence-corrected chi connectivity index (χ2v) is 5.12. The summed E-state index contributed by atoms with van der Waals surface area (Å²) in [6.07, 6.45) is 8.97. The van der Waals surface area contributed by atoms with Crippen molar-refractivity contribution in [1.82, 2.24) is 4.90 Å². The zero-order valence-electron chi connectivity index (χ0n) is 10.5. The van der Waals surface area contributed by atoms with Gasteiger partial charge in [-0.3, -0.25) is 4.79 Å². The Hall–Kier alpha value is -0.570. The summed E-state index contributed by atoms with van der Waals surface area (Å²) < 4.78 is 0. The third-order valence-electron chi connectivity index (χ3n) is 3.48. The molecule has 1 aliphatic rings. The van der Waals surface area contributed by atoms with Crippen molar-refractivity contribution in [3.63, 3.8) is 0 Å². The molecule has 0 heterocycles. The van der Waals surface area contributed by atoms with Gasteiger partial charge in [-0.25, -0.2) is 0 Å². The summed E-state index contributed by atoms with van der Waals surface area (Å²) >= 11 is 0. The highest BCUT2D eigenvalue weighted by molar-refractivity contribution is 5.66. The fourth-order valence-electron chi connectivity index (χ4n) is 2.56. The van der Waals surface area contributed by atoms with Crippen molar-refractivity contribution in [2.75, 3.05) is 20.1 Å². The molecule has 0 aromatic heterocycles. The van der Waals surface area contributed by atoms with Crippen LogP contribution in [0.2, 0.25) is 0 Å². The Kier molecular flexibility index (Phi) is 6.46. The topological polar surface area (TPSA) is 40.5 Å². The Morgan fingerprint density at radius 1 is 1.25 bits per heavy atom. The highest BCUT2D eigenvalue weighted by Crippen LogP contribution is 2.25. The molecular formula is C13H25NO2. The first-order valence-corrected chi connectivity index (χ1v) is 6.59. The highest BCUT2D eigenvalue weighted by Gasteiger charge is 2.16. The summed E-state index contributed by atoms with van der Waals surface area (Å²) in [4.78, 5) is 12.7. The average Bonchev–Trinajstić information content (AvgIpc) is 2.69. The van der Waals surface area contributed by atoms with E-state index in [9.17, 15) is 4.79 Å². The lowest BCUT2D eigenvalue weighted by Gasteiger charge is -2.20. The molecule has 0 saturated heterocycles. The molecule has 16 heavy (non-hydrogen) atoms. The lowest BCUT2D eigenvalue weighted by atomic mass is 10.1. The van der Waals surface area contributed by atoms with Crippen LogP contribution in [-0.4, -0.2) is 36.1 Å². The lowest BCUT2D eigenvalue weighted by Crippen LogP contribution is -2.25. The number of hydrogen-bond donors (Lipinski definition) is 1. The van der Waals surface area contributed by atoms with Gasteiger partial charge in [-0.1, -0.05) is 19.3 Å². The van der Waals surface area contributed by atoms with Gasteiger partial charge in [0.1, 0.15) is 0 Å². The van der Waals surface area contributed by atoms with Crippen molar-refractivity contribution in [3.8, 4) is 0 Å². The number of carboxylic acid groups (broad SMARTS) is 1. The summed E-state index contributed by atoms with van der Waals surface area (Å²) in [6.45, 7) is 2.36. The summed E-state index contributed by atoms with van der Waals surface area (Å²) in [5.74, 6) is 0.253. The SMILES string of the molecule is CN(CCCCCC(=O)O)CC1CCCC1. The molecule has 0 bridgehead atoms. The fraction of sp³-hybridized carbons (Fsp3) is 0.923. The van der Waals surface area contributed by atoms with Gasteiger partial charge in [0.25, 0.3) is 0 Å². The Bertz CT molecular complexity index is 200. The van der Waals surface area contributed by atoms with E-state index in [4.69, 9.17) is 5.11 Å². The van der Waals surface area contributed by atoms with Crippen LogP contribution in [0.25, 0.3) is 0 Å². The molecule has 1 fully saturated rings. The maximum Gasteiger partial charge on any atom is 0.303 e. The Labute approximate surface area is 98.8 Å². The van der Waals surface area contributed by atoms with Crippen LogP contribution in [0.4, 0.5) is 0 Å². The number of rotatable bonds is 8. The van der Waals surface area contributed by atoms with Crippen molar-refractivity contribution in [2.24, 2.45) is 5.92 Å². The molecule has 0 aliphatic heterocycles. The maximum atomic E-state index is 10.3. The number of hydrogen-bond acceptors (Lipinski definition) is 2. The first-order chi connectivity index (χ1) is 7.68. The van der Waals surface area contributed by atoms with Crippen LogP contribution in [-0.2, 0) is 4.79 Å². The summed E-state index contributed by atoms with van der Waals surface area (Å²) in [7, 11) is 2.19. The van der Waals surface area contributed by atoms with Gasteiger partial charge in [-0.15, -0.1) is 0 Å². The van der Waals surface area contributed by atoms with E-state index in [2.05, 4.69) is 11.9 Å². The van der Waals surface area contributed by atoms with Crippen LogP contribution < -0.4 is 0 Å². The molecule has 3 heteroatoms. The third kappa shape index (κ3) is 6.11. The van der Waals surface area contributed by atoms with Gasteiger partial charge >= 0.3 is 5.97 Å². The molecule has 0 amide bonds. The predicted molar refractivity (Wildman–Crippen MR) is 65.6 cm³/mol. The van der Waals surface area contributed by atoms with Gasteiger partial charge in [-0.05, 0) is 45.2 Å². The molecule has 0 aromatic rings. The van der Waals surface area contributed by atoms with Crippen molar-refractivity contribution in [3.05, 3.63) is 0 Å².